The molecule has 2 heterocycles. The molecule has 166 valence electrons. The molecule has 3 fully saturated rings. The minimum absolute atomic E-state index is 0.212. The Bertz CT molecular complexity index is 878. The summed E-state index contributed by atoms with van der Waals surface area (Å²) >= 11 is 0. The lowest BCUT2D eigenvalue weighted by Gasteiger charge is -2.42. The van der Waals surface area contributed by atoms with Crippen LogP contribution >= 0.6 is 0 Å². The topological polar surface area (TPSA) is 60.9 Å². The number of piperidine rings is 1. The highest BCUT2D eigenvalue weighted by Gasteiger charge is 2.34. The zero-order valence-electron chi connectivity index (χ0n) is 18.3. The molecule has 0 aromatic heterocycles. The Labute approximate surface area is 181 Å². The molecule has 1 aliphatic carbocycles. The molecule has 30 heavy (non-hydrogen) atoms. The maximum Gasteiger partial charge on any atom is 0.243 e. The van der Waals surface area contributed by atoms with Gasteiger partial charge >= 0.3 is 0 Å². The molecular formula is C23H35N3O3S. The molecule has 3 aliphatic rings. The maximum absolute atomic E-state index is 13.0. The molecule has 0 N–H and O–H groups in total. The second-order valence-electron chi connectivity index (χ2n) is 9.36. The summed E-state index contributed by atoms with van der Waals surface area (Å²) < 4.78 is 27.5. The predicted octanol–water partition coefficient (Wildman–Crippen LogP) is 2.65. The van der Waals surface area contributed by atoms with E-state index in [4.69, 9.17) is 0 Å². The number of nitrogens with zero attached hydrogens (tertiary/aromatic N) is 3. The number of hydrogen-bond donors (Lipinski definition) is 0. The van der Waals surface area contributed by atoms with E-state index in [1.165, 1.54) is 25.7 Å². The summed E-state index contributed by atoms with van der Waals surface area (Å²) in [7, 11) is -3.48. The number of benzene rings is 1. The molecule has 2 aliphatic heterocycles. The van der Waals surface area contributed by atoms with Crippen molar-refractivity contribution in [1.29, 1.82) is 0 Å². The molecule has 1 saturated carbocycles. The van der Waals surface area contributed by atoms with E-state index in [9.17, 15) is 13.2 Å². The van der Waals surface area contributed by atoms with Gasteiger partial charge in [0, 0.05) is 39.3 Å². The smallest absolute Gasteiger partial charge is 0.243 e. The molecule has 0 bridgehead atoms. The quantitative estimate of drug-likeness (QED) is 0.732. The Morgan fingerprint density at radius 3 is 2.33 bits per heavy atom. The van der Waals surface area contributed by atoms with Gasteiger partial charge in [-0.1, -0.05) is 25.3 Å². The van der Waals surface area contributed by atoms with Crippen molar-refractivity contribution < 1.29 is 13.2 Å². The molecule has 2 atom stereocenters. The van der Waals surface area contributed by atoms with E-state index in [0.29, 0.717) is 43.5 Å². The summed E-state index contributed by atoms with van der Waals surface area (Å²) in [6.07, 6.45) is 6.41. The van der Waals surface area contributed by atoms with Crippen LogP contribution in [-0.4, -0.2) is 74.2 Å². The number of sulfonamides is 1. The lowest BCUT2D eigenvalue weighted by atomic mass is 9.75. The number of amides is 1. The van der Waals surface area contributed by atoms with Gasteiger partial charge < -0.3 is 4.90 Å². The van der Waals surface area contributed by atoms with Crippen molar-refractivity contribution in [2.75, 3.05) is 45.8 Å². The van der Waals surface area contributed by atoms with E-state index in [2.05, 4.69) is 9.80 Å². The average molecular weight is 434 g/mol. The second-order valence-corrected chi connectivity index (χ2v) is 11.3. The maximum atomic E-state index is 13.0. The number of carbonyl (C=O) groups is 1. The summed E-state index contributed by atoms with van der Waals surface area (Å²) in [5, 5.41) is 0. The third-order valence-electron chi connectivity index (χ3n) is 7.45. The molecule has 1 aromatic carbocycles. The molecule has 0 spiro atoms. The Hall–Kier alpha value is -1.44. The molecule has 6 nitrogen and oxygen atoms in total. The number of rotatable bonds is 4. The minimum atomic E-state index is -3.48. The first-order valence-electron chi connectivity index (χ1n) is 11.4. The van der Waals surface area contributed by atoms with Gasteiger partial charge in [-0.05, 0) is 61.8 Å². The van der Waals surface area contributed by atoms with Crippen LogP contribution in [0.2, 0.25) is 0 Å². The molecule has 0 unspecified atom stereocenters. The highest BCUT2D eigenvalue weighted by Crippen LogP contribution is 2.36. The average Bonchev–Trinajstić information content (AvgIpc) is 2.75. The van der Waals surface area contributed by atoms with Crippen LogP contribution in [0.25, 0.3) is 0 Å². The molecule has 7 heteroatoms. The largest absolute Gasteiger partial charge is 0.341 e. The zero-order valence-corrected chi connectivity index (χ0v) is 19.2. The fourth-order valence-corrected chi connectivity index (χ4v) is 6.78. The summed E-state index contributed by atoms with van der Waals surface area (Å²) in [5.41, 5.74) is 2.08. The van der Waals surface area contributed by atoms with Crippen LogP contribution in [0.1, 0.15) is 43.2 Å². The van der Waals surface area contributed by atoms with E-state index in [1.54, 1.807) is 16.4 Å². The Morgan fingerprint density at radius 2 is 1.63 bits per heavy atom. The molecular weight excluding hydrogens is 398 g/mol. The first-order chi connectivity index (χ1) is 14.3. The zero-order chi connectivity index (χ0) is 21.3. The summed E-state index contributed by atoms with van der Waals surface area (Å²) in [6, 6.07) is 5.32. The lowest BCUT2D eigenvalue weighted by molar-refractivity contribution is -0.135. The number of fused-ring (bicyclic) bond motifs is 1. The summed E-state index contributed by atoms with van der Waals surface area (Å²) in [6.45, 7) is 8.23. The SMILES string of the molecule is Cc1ccc(S(=O)(=O)N2CCN(CC(=O)N3CC[C@@H]4CCCC[C@@H]4C3)CC2)cc1C. The Morgan fingerprint density at radius 1 is 0.933 bits per heavy atom. The standard InChI is InChI=1S/C23H35N3O3S/c1-18-7-8-22(15-19(18)2)30(28,29)26-13-11-24(12-14-26)17-23(27)25-10-9-20-5-3-4-6-21(20)16-25/h7-8,15,20-21H,3-6,9-14,16-17H2,1-2H3/t20-,21+/m0/s1. The van der Waals surface area contributed by atoms with Crippen LogP contribution in [0.15, 0.2) is 23.1 Å². The van der Waals surface area contributed by atoms with Crippen LogP contribution in [-0.2, 0) is 14.8 Å². The number of likely N-dealkylation sites (tertiary alicyclic amines) is 1. The van der Waals surface area contributed by atoms with Crippen LogP contribution in [0.3, 0.4) is 0 Å². The highest BCUT2D eigenvalue weighted by atomic mass is 32.2. The van der Waals surface area contributed by atoms with Crippen molar-refractivity contribution in [1.82, 2.24) is 14.1 Å². The van der Waals surface area contributed by atoms with Gasteiger partial charge in [0.05, 0.1) is 11.4 Å². The normalized spacial score (nSPS) is 26.4. The fraction of sp³-hybridized carbons (Fsp3) is 0.696. The van der Waals surface area contributed by atoms with Gasteiger partial charge in [-0.15, -0.1) is 0 Å². The van der Waals surface area contributed by atoms with E-state index >= 15 is 0 Å². The van der Waals surface area contributed by atoms with Gasteiger partial charge in [0.1, 0.15) is 0 Å². The third-order valence-corrected chi connectivity index (χ3v) is 9.34. The minimum Gasteiger partial charge on any atom is -0.341 e. The number of carbonyl (C=O) groups excluding carboxylic acids is 1. The van der Waals surface area contributed by atoms with E-state index in [0.717, 1.165) is 36.6 Å². The van der Waals surface area contributed by atoms with Crippen molar-refractivity contribution in [2.45, 2.75) is 50.8 Å². The summed E-state index contributed by atoms with van der Waals surface area (Å²) in [4.78, 5) is 17.4. The van der Waals surface area contributed by atoms with Gasteiger partial charge in [0.15, 0.2) is 0 Å². The Balaban J connectivity index is 1.30. The summed E-state index contributed by atoms with van der Waals surface area (Å²) in [5.74, 6) is 1.72. The van der Waals surface area contributed by atoms with Crippen LogP contribution in [0.4, 0.5) is 0 Å². The highest BCUT2D eigenvalue weighted by molar-refractivity contribution is 7.89. The van der Waals surface area contributed by atoms with Crippen LogP contribution < -0.4 is 0 Å². The third kappa shape index (κ3) is 4.58. The van der Waals surface area contributed by atoms with E-state index in [-0.39, 0.29) is 5.91 Å². The molecule has 4 rings (SSSR count). The second kappa shape index (κ2) is 8.97. The van der Waals surface area contributed by atoms with Crippen molar-refractivity contribution in [3.05, 3.63) is 29.3 Å². The van der Waals surface area contributed by atoms with Crippen LogP contribution in [0, 0.1) is 25.7 Å². The van der Waals surface area contributed by atoms with Gasteiger partial charge in [-0.2, -0.15) is 4.31 Å². The molecule has 2 saturated heterocycles. The van der Waals surface area contributed by atoms with Gasteiger partial charge in [0.2, 0.25) is 15.9 Å². The van der Waals surface area contributed by atoms with Crippen molar-refractivity contribution in [3.63, 3.8) is 0 Å². The van der Waals surface area contributed by atoms with Gasteiger partial charge in [-0.25, -0.2) is 8.42 Å². The first kappa shape index (κ1) is 21.8. The van der Waals surface area contributed by atoms with Crippen molar-refractivity contribution in [2.24, 2.45) is 11.8 Å². The molecule has 0 radical (unpaired) electrons. The lowest BCUT2D eigenvalue weighted by Crippen LogP contribution is -2.53. The molecule has 1 aromatic rings. The van der Waals surface area contributed by atoms with E-state index in [1.807, 2.05) is 19.9 Å². The molecule has 1 amide bonds. The van der Waals surface area contributed by atoms with Gasteiger partial charge in [-0.3, -0.25) is 9.69 Å². The van der Waals surface area contributed by atoms with Crippen molar-refractivity contribution >= 4 is 15.9 Å². The monoisotopic (exact) mass is 433 g/mol. The fourth-order valence-electron chi connectivity index (χ4n) is 5.27. The van der Waals surface area contributed by atoms with E-state index < -0.39 is 10.0 Å². The number of aryl methyl sites for hydroxylation is 2. The number of hydrogen-bond acceptors (Lipinski definition) is 4. The van der Waals surface area contributed by atoms with Crippen molar-refractivity contribution in [3.8, 4) is 0 Å². The number of piperazine rings is 1. The van der Waals surface area contributed by atoms with Gasteiger partial charge in [0.25, 0.3) is 0 Å². The van der Waals surface area contributed by atoms with Crippen LogP contribution in [0.5, 0.6) is 0 Å². The Kier molecular flexibility index (Phi) is 6.51. The first-order valence-corrected chi connectivity index (χ1v) is 12.9. The predicted molar refractivity (Wildman–Crippen MR) is 118 cm³/mol.